The Bertz CT molecular complexity index is 1170. The topological polar surface area (TPSA) is 65.7 Å². The summed E-state index contributed by atoms with van der Waals surface area (Å²) < 4.78 is 18.0. The van der Waals surface area contributed by atoms with Gasteiger partial charge in [-0.3, -0.25) is 0 Å². The summed E-state index contributed by atoms with van der Waals surface area (Å²) >= 11 is 0. The highest BCUT2D eigenvalue weighted by molar-refractivity contribution is 5.90. The molecular weight excluding hydrogens is 428 g/mol. The molecule has 0 bridgehead atoms. The van der Waals surface area contributed by atoms with Crippen LogP contribution in [-0.4, -0.2) is 24.6 Å². The quantitative estimate of drug-likeness (QED) is 0.440. The second-order valence-corrected chi connectivity index (χ2v) is 10.0. The third kappa shape index (κ3) is 3.83. The third-order valence-corrected chi connectivity index (χ3v) is 7.98. The summed E-state index contributed by atoms with van der Waals surface area (Å²) in [5, 5.41) is 0. The summed E-state index contributed by atoms with van der Waals surface area (Å²) in [7, 11) is 0. The van der Waals surface area contributed by atoms with Gasteiger partial charge < -0.3 is 13.9 Å². The molecule has 0 amide bonds. The molecule has 3 aromatic rings. The number of benzene rings is 2. The van der Waals surface area contributed by atoms with E-state index in [1.165, 1.54) is 5.56 Å². The average molecular weight is 459 g/mol. The Morgan fingerprint density at radius 3 is 2.24 bits per heavy atom. The second kappa shape index (κ2) is 8.79. The van der Waals surface area contributed by atoms with Gasteiger partial charge in [-0.1, -0.05) is 50.2 Å². The van der Waals surface area contributed by atoms with Gasteiger partial charge in [-0.15, -0.1) is 0 Å². The monoisotopic (exact) mass is 458 g/mol. The van der Waals surface area contributed by atoms with E-state index in [1.54, 1.807) is 30.5 Å². The van der Waals surface area contributed by atoms with Crippen molar-refractivity contribution in [2.24, 2.45) is 11.3 Å². The summed E-state index contributed by atoms with van der Waals surface area (Å²) in [6, 6.07) is 20.1. The molecule has 1 heterocycles. The highest BCUT2D eigenvalue weighted by Gasteiger charge is 2.59. The number of carbonyl (C=O) groups is 2. The lowest BCUT2D eigenvalue weighted by Crippen LogP contribution is -2.58. The lowest BCUT2D eigenvalue weighted by atomic mass is 9.50. The van der Waals surface area contributed by atoms with E-state index in [4.69, 9.17) is 13.9 Å². The van der Waals surface area contributed by atoms with Crippen molar-refractivity contribution < 1.29 is 23.5 Å². The van der Waals surface area contributed by atoms with Gasteiger partial charge in [0.05, 0.1) is 17.4 Å². The molecule has 2 aliphatic carbocycles. The Morgan fingerprint density at radius 1 is 0.912 bits per heavy atom. The zero-order chi connectivity index (χ0) is 23.8. The van der Waals surface area contributed by atoms with Crippen LogP contribution in [0.2, 0.25) is 0 Å². The Labute approximate surface area is 200 Å². The van der Waals surface area contributed by atoms with E-state index in [2.05, 4.69) is 19.9 Å². The normalized spacial score (nSPS) is 27.8. The molecule has 0 radical (unpaired) electrons. The van der Waals surface area contributed by atoms with Crippen LogP contribution in [0.5, 0.6) is 0 Å². The van der Waals surface area contributed by atoms with Crippen molar-refractivity contribution in [3.05, 3.63) is 95.4 Å². The van der Waals surface area contributed by atoms with E-state index < -0.39 is 5.41 Å². The smallest absolute Gasteiger partial charge is 0.338 e. The summed E-state index contributed by atoms with van der Waals surface area (Å²) in [4.78, 5) is 25.8. The van der Waals surface area contributed by atoms with E-state index in [-0.39, 0.29) is 36.0 Å². The first-order valence-electron chi connectivity index (χ1n) is 12.0. The molecule has 0 unspecified atom stereocenters. The molecule has 0 N–H and O–H groups in total. The van der Waals surface area contributed by atoms with E-state index in [1.807, 2.05) is 36.4 Å². The zero-order valence-electron chi connectivity index (χ0n) is 19.7. The predicted octanol–water partition coefficient (Wildman–Crippen LogP) is 5.98. The van der Waals surface area contributed by atoms with E-state index >= 15 is 0 Å². The Balaban J connectivity index is 1.45. The predicted molar refractivity (Wildman–Crippen MR) is 128 cm³/mol. The minimum absolute atomic E-state index is 0.129. The van der Waals surface area contributed by atoms with Gasteiger partial charge in [0.2, 0.25) is 0 Å². The number of hydrogen-bond donors (Lipinski definition) is 0. The number of furan rings is 1. The molecule has 176 valence electrons. The molecule has 1 saturated carbocycles. The summed E-state index contributed by atoms with van der Waals surface area (Å²) in [6.45, 7) is 4.51. The SMILES string of the molecule is C[C@]1(COC(=O)c2ccccc2)[C@@H](OC(=O)c2ccccc2)CC[C@]2(C)c3occc3CC[C@@H]12. The first-order chi connectivity index (χ1) is 16.4. The number of rotatable bonds is 5. The van der Waals surface area contributed by atoms with Gasteiger partial charge in [0.25, 0.3) is 0 Å². The fourth-order valence-corrected chi connectivity index (χ4v) is 6.18. The van der Waals surface area contributed by atoms with Crippen molar-refractivity contribution in [3.63, 3.8) is 0 Å². The average Bonchev–Trinajstić information content (AvgIpc) is 3.36. The molecular formula is C29H30O5. The van der Waals surface area contributed by atoms with Crippen LogP contribution in [-0.2, 0) is 21.3 Å². The molecule has 4 atom stereocenters. The minimum atomic E-state index is -0.563. The van der Waals surface area contributed by atoms with Crippen LogP contribution in [0.25, 0.3) is 0 Å². The number of ether oxygens (including phenoxy) is 2. The van der Waals surface area contributed by atoms with Gasteiger partial charge in [-0.05, 0) is 67.5 Å². The molecule has 2 aliphatic rings. The van der Waals surface area contributed by atoms with Crippen LogP contribution in [0.15, 0.2) is 77.4 Å². The van der Waals surface area contributed by atoms with Crippen molar-refractivity contribution in [1.82, 2.24) is 0 Å². The van der Waals surface area contributed by atoms with Crippen LogP contribution in [0, 0.1) is 11.3 Å². The third-order valence-electron chi connectivity index (χ3n) is 7.98. The molecule has 1 fully saturated rings. The van der Waals surface area contributed by atoms with Crippen LogP contribution in [0.4, 0.5) is 0 Å². The van der Waals surface area contributed by atoms with E-state index in [9.17, 15) is 9.59 Å². The van der Waals surface area contributed by atoms with Gasteiger partial charge in [0.1, 0.15) is 18.5 Å². The Kier molecular flexibility index (Phi) is 5.80. The lowest BCUT2D eigenvalue weighted by molar-refractivity contribution is -0.122. The van der Waals surface area contributed by atoms with Gasteiger partial charge in [0.15, 0.2) is 0 Å². The zero-order valence-corrected chi connectivity index (χ0v) is 19.7. The molecule has 0 saturated heterocycles. The first kappa shape index (κ1) is 22.5. The van der Waals surface area contributed by atoms with Gasteiger partial charge in [0, 0.05) is 10.8 Å². The first-order valence-corrected chi connectivity index (χ1v) is 12.0. The molecule has 0 spiro atoms. The summed E-state index contributed by atoms with van der Waals surface area (Å²) in [5.41, 5.74) is 1.52. The van der Waals surface area contributed by atoms with Crippen molar-refractivity contribution >= 4 is 11.9 Å². The fraction of sp³-hybridized carbons (Fsp3) is 0.379. The molecule has 0 aliphatic heterocycles. The summed E-state index contributed by atoms with van der Waals surface area (Å²) in [5.74, 6) is 0.447. The number of aryl methyl sites for hydroxylation is 1. The number of hydrogen-bond acceptors (Lipinski definition) is 5. The van der Waals surface area contributed by atoms with Crippen LogP contribution >= 0.6 is 0 Å². The Hall–Kier alpha value is -3.34. The maximum atomic E-state index is 13.0. The number of carbonyl (C=O) groups excluding carboxylic acids is 2. The molecule has 5 heteroatoms. The minimum Gasteiger partial charge on any atom is -0.468 e. The molecule has 34 heavy (non-hydrogen) atoms. The maximum Gasteiger partial charge on any atom is 0.338 e. The largest absolute Gasteiger partial charge is 0.468 e. The van der Waals surface area contributed by atoms with Crippen LogP contribution < -0.4 is 0 Å². The molecule has 5 rings (SSSR count). The van der Waals surface area contributed by atoms with Crippen molar-refractivity contribution in [2.45, 2.75) is 51.0 Å². The summed E-state index contributed by atoms with van der Waals surface area (Å²) in [6.07, 6.45) is 4.72. The Morgan fingerprint density at radius 2 is 1.56 bits per heavy atom. The van der Waals surface area contributed by atoms with Gasteiger partial charge >= 0.3 is 11.9 Å². The van der Waals surface area contributed by atoms with Gasteiger partial charge in [-0.25, -0.2) is 9.59 Å². The van der Waals surface area contributed by atoms with Crippen molar-refractivity contribution in [1.29, 1.82) is 0 Å². The molecule has 5 nitrogen and oxygen atoms in total. The second-order valence-electron chi connectivity index (χ2n) is 10.0. The molecule has 2 aromatic carbocycles. The number of esters is 2. The lowest BCUT2D eigenvalue weighted by Gasteiger charge is -2.56. The standard InChI is InChI=1S/C29H30O5/c1-28-17-15-24(34-27(31)22-11-7-4-8-12-22)29(2,19-33-26(30)21-9-5-3-6-10-21)23(28)14-13-20-16-18-32-25(20)28/h3-12,16,18,23-24H,13-15,17,19H2,1-2H3/t23-,24+,28+,29-/m1/s1. The van der Waals surface area contributed by atoms with Gasteiger partial charge in [-0.2, -0.15) is 0 Å². The van der Waals surface area contributed by atoms with E-state index in [0.29, 0.717) is 17.5 Å². The van der Waals surface area contributed by atoms with E-state index in [0.717, 1.165) is 25.0 Å². The highest BCUT2D eigenvalue weighted by Crippen LogP contribution is 2.58. The highest BCUT2D eigenvalue weighted by atomic mass is 16.6. The maximum absolute atomic E-state index is 13.0. The number of fused-ring (bicyclic) bond motifs is 3. The van der Waals surface area contributed by atoms with Crippen molar-refractivity contribution in [2.75, 3.05) is 6.61 Å². The van der Waals surface area contributed by atoms with Crippen LogP contribution in [0.3, 0.4) is 0 Å². The molecule has 1 aromatic heterocycles. The fourth-order valence-electron chi connectivity index (χ4n) is 6.18. The van der Waals surface area contributed by atoms with Crippen molar-refractivity contribution in [3.8, 4) is 0 Å². The van der Waals surface area contributed by atoms with Crippen LogP contribution in [0.1, 0.15) is 65.1 Å².